The van der Waals surface area contributed by atoms with Crippen molar-refractivity contribution in [1.82, 2.24) is 9.55 Å². The van der Waals surface area contributed by atoms with Gasteiger partial charge in [0.05, 0.1) is 17.1 Å². The summed E-state index contributed by atoms with van der Waals surface area (Å²) in [7, 11) is 1.90. The van der Waals surface area contributed by atoms with Gasteiger partial charge in [0.25, 0.3) is 0 Å². The Morgan fingerprint density at radius 2 is 1.80 bits per heavy atom. The largest absolute Gasteiger partial charge is 0.327 e. The fourth-order valence-corrected chi connectivity index (χ4v) is 2.78. The van der Waals surface area contributed by atoms with Crippen LogP contribution in [0.5, 0.6) is 0 Å². The van der Waals surface area contributed by atoms with Crippen molar-refractivity contribution in [2.75, 3.05) is 0 Å². The van der Waals surface area contributed by atoms with Crippen LogP contribution in [0.4, 0.5) is 4.39 Å². The van der Waals surface area contributed by atoms with E-state index in [0.29, 0.717) is 11.1 Å². The Kier molecular flexibility index (Phi) is 4.21. The third kappa shape index (κ3) is 3.20. The van der Waals surface area contributed by atoms with Crippen LogP contribution in [0.1, 0.15) is 31.1 Å². The fourth-order valence-electron chi connectivity index (χ4n) is 2.78. The predicted octanol–water partition coefficient (Wildman–Crippen LogP) is 3.94. The molecule has 0 aliphatic carbocycles. The number of carbonyl (C=O) groups is 1. The average molecular weight is 339 g/mol. The molecule has 0 bridgehead atoms. The molecule has 1 heterocycles. The predicted molar refractivity (Wildman–Crippen MR) is 97.9 cm³/mol. The summed E-state index contributed by atoms with van der Waals surface area (Å²) in [6.45, 7) is 5.84. The topological polar surface area (TPSA) is 60.9 Å². The number of aromatic nitrogens is 2. The molecule has 0 aliphatic heterocycles. The molecule has 3 aromatic rings. The molecule has 1 aromatic heterocycles. The second-order valence-corrected chi connectivity index (χ2v) is 7.41. The van der Waals surface area contributed by atoms with Crippen molar-refractivity contribution in [2.24, 2.45) is 18.2 Å². The molecule has 0 radical (unpaired) electrons. The van der Waals surface area contributed by atoms with Crippen molar-refractivity contribution >= 4 is 16.8 Å². The van der Waals surface area contributed by atoms with Gasteiger partial charge in [0.1, 0.15) is 11.6 Å². The van der Waals surface area contributed by atoms with Gasteiger partial charge >= 0.3 is 0 Å². The summed E-state index contributed by atoms with van der Waals surface area (Å²) >= 11 is 0. The zero-order valence-electron chi connectivity index (χ0n) is 14.9. The Labute approximate surface area is 146 Å². The zero-order chi connectivity index (χ0) is 18.4. The number of ketones is 1. The van der Waals surface area contributed by atoms with Crippen LogP contribution >= 0.6 is 0 Å². The quantitative estimate of drug-likeness (QED) is 0.735. The molecule has 0 saturated heterocycles. The van der Waals surface area contributed by atoms with E-state index in [4.69, 9.17) is 5.73 Å². The second-order valence-electron chi connectivity index (χ2n) is 7.41. The van der Waals surface area contributed by atoms with Crippen LogP contribution in [0.3, 0.4) is 0 Å². The monoisotopic (exact) mass is 339 g/mol. The number of aryl methyl sites for hydroxylation is 1. The van der Waals surface area contributed by atoms with Gasteiger partial charge in [-0.2, -0.15) is 0 Å². The highest BCUT2D eigenvalue weighted by Crippen LogP contribution is 2.26. The van der Waals surface area contributed by atoms with Crippen molar-refractivity contribution < 1.29 is 9.18 Å². The maximum Gasteiger partial charge on any atom is 0.180 e. The maximum atomic E-state index is 13.1. The van der Waals surface area contributed by atoms with E-state index in [9.17, 15) is 9.18 Å². The number of rotatable bonds is 3. The first kappa shape index (κ1) is 17.3. The number of fused-ring (bicyclic) bond motifs is 1. The maximum absolute atomic E-state index is 13.1. The number of Topliss-reactive ketones (excluding diaryl/α,β-unsaturated/α-hetero) is 1. The summed E-state index contributed by atoms with van der Waals surface area (Å²) in [5, 5.41) is 0. The van der Waals surface area contributed by atoms with Gasteiger partial charge in [0.15, 0.2) is 5.78 Å². The minimum Gasteiger partial charge on any atom is -0.327 e. The minimum absolute atomic E-state index is 0.0941. The number of hydrogen-bond donors (Lipinski definition) is 1. The lowest BCUT2D eigenvalue weighted by Crippen LogP contribution is -2.42. The first-order valence-electron chi connectivity index (χ1n) is 8.20. The Morgan fingerprint density at radius 3 is 2.40 bits per heavy atom. The van der Waals surface area contributed by atoms with Gasteiger partial charge in [-0.3, -0.25) is 4.79 Å². The summed E-state index contributed by atoms with van der Waals surface area (Å²) in [5.74, 6) is 0.342. The van der Waals surface area contributed by atoms with Crippen LogP contribution in [0.15, 0.2) is 42.5 Å². The Bertz CT molecular complexity index is 936. The van der Waals surface area contributed by atoms with Crippen LogP contribution in [0.25, 0.3) is 22.4 Å². The molecule has 130 valence electrons. The van der Waals surface area contributed by atoms with E-state index >= 15 is 0 Å². The molecule has 0 unspecified atom stereocenters. The zero-order valence-corrected chi connectivity index (χ0v) is 14.9. The number of hydrogen-bond acceptors (Lipinski definition) is 3. The Hall–Kier alpha value is -2.53. The second kappa shape index (κ2) is 6.08. The molecule has 3 rings (SSSR count). The molecular weight excluding hydrogens is 317 g/mol. The SMILES string of the molecule is Cn1c(-c2ccc(F)cc2)nc2cc(C(=O)[C@@H](N)C(C)(C)C)ccc21. The molecule has 1 atom stereocenters. The molecule has 5 heteroatoms. The van der Waals surface area contributed by atoms with Gasteiger partial charge in [-0.25, -0.2) is 9.37 Å². The number of benzene rings is 2. The van der Waals surface area contributed by atoms with Crippen molar-refractivity contribution in [3.05, 3.63) is 53.8 Å². The first-order valence-corrected chi connectivity index (χ1v) is 8.20. The molecule has 0 aliphatic rings. The van der Waals surface area contributed by atoms with Gasteiger partial charge in [-0.1, -0.05) is 20.8 Å². The smallest absolute Gasteiger partial charge is 0.180 e. The Morgan fingerprint density at radius 1 is 1.16 bits per heavy atom. The fraction of sp³-hybridized carbons (Fsp3) is 0.300. The van der Waals surface area contributed by atoms with Crippen molar-refractivity contribution in [2.45, 2.75) is 26.8 Å². The van der Waals surface area contributed by atoms with E-state index < -0.39 is 6.04 Å². The van der Waals surface area contributed by atoms with Gasteiger partial charge in [-0.05, 0) is 47.9 Å². The molecular formula is C20H22FN3O. The number of halogens is 1. The molecule has 0 saturated carbocycles. The normalized spacial score (nSPS) is 13.2. The molecule has 4 nitrogen and oxygen atoms in total. The van der Waals surface area contributed by atoms with E-state index in [1.165, 1.54) is 12.1 Å². The van der Waals surface area contributed by atoms with Gasteiger partial charge in [-0.15, -0.1) is 0 Å². The van der Waals surface area contributed by atoms with Crippen LogP contribution in [0, 0.1) is 11.2 Å². The van der Waals surface area contributed by atoms with Crippen LogP contribution in [-0.2, 0) is 7.05 Å². The van der Waals surface area contributed by atoms with Gasteiger partial charge in [0.2, 0.25) is 0 Å². The highest BCUT2D eigenvalue weighted by molar-refractivity contribution is 6.02. The van der Waals surface area contributed by atoms with E-state index in [0.717, 1.165) is 16.9 Å². The summed E-state index contributed by atoms with van der Waals surface area (Å²) in [6.07, 6.45) is 0. The number of carbonyl (C=O) groups excluding carboxylic acids is 1. The van der Waals surface area contributed by atoms with E-state index in [2.05, 4.69) is 4.98 Å². The lowest BCUT2D eigenvalue weighted by atomic mass is 9.83. The van der Waals surface area contributed by atoms with E-state index in [-0.39, 0.29) is 17.0 Å². The number of nitrogens with two attached hydrogens (primary N) is 1. The molecule has 0 fully saturated rings. The summed E-state index contributed by atoms with van der Waals surface area (Å²) in [5.41, 5.74) is 8.78. The molecule has 2 N–H and O–H groups in total. The van der Waals surface area contributed by atoms with E-state index in [1.807, 2.05) is 38.5 Å². The van der Waals surface area contributed by atoms with Crippen LogP contribution < -0.4 is 5.73 Å². The highest BCUT2D eigenvalue weighted by atomic mass is 19.1. The Balaban J connectivity index is 2.04. The van der Waals surface area contributed by atoms with Gasteiger partial charge < -0.3 is 10.3 Å². The number of nitrogens with zero attached hydrogens (tertiary/aromatic N) is 2. The van der Waals surface area contributed by atoms with Crippen LogP contribution in [0.2, 0.25) is 0 Å². The van der Waals surface area contributed by atoms with Crippen LogP contribution in [-0.4, -0.2) is 21.4 Å². The van der Waals surface area contributed by atoms with Crippen molar-refractivity contribution in [3.8, 4) is 11.4 Å². The highest BCUT2D eigenvalue weighted by Gasteiger charge is 2.28. The first-order chi connectivity index (χ1) is 11.7. The summed E-state index contributed by atoms with van der Waals surface area (Å²) < 4.78 is 15.1. The van der Waals surface area contributed by atoms with Crippen molar-refractivity contribution in [1.29, 1.82) is 0 Å². The molecule has 2 aromatic carbocycles. The lowest BCUT2D eigenvalue weighted by Gasteiger charge is -2.25. The third-order valence-corrected chi connectivity index (χ3v) is 4.48. The minimum atomic E-state index is -0.578. The molecule has 0 amide bonds. The number of imidazole rings is 1. The standard InChI is InChI=1S/C20H22FN3O/c1-20(2,3)18(22)17(25)13-7-10-16-15(11-13)23-19(24(16)4)12-5-8-14(21)9-6-12/h5-11,18H,22H2,1-4H3/t18-/m1/s1. The van der Waals surface area contributed by atoms with Crippen molar-refractivity contribution in [3.63, 3.8) is 0 Å². The molecule has 0 spiro atoms. The van der Waals surface area contributed by atoms with E-state index in [1.54, 1.807) is 24.3 Å². The lowest BCUT2D eigenvalue weighted by molar-refractivity contribution is 0.0901. The summed E-state index contributed by atoms with van der Waals surface area (Å²) in [4.78, 5) is 17.3. The molecule has 25 heavy (non-hydrogen) atoms. The van der Waals surface area contributed by atoms with Gasteiger partial charge in [0, 0.05) is 18.2 Å². The third-order valence-electron chi connectivity index (χ3n) is 4.48. The summed E-state index contributed by atoms with van der Waals surface area (Å²) in [6, 6.07) is 11.1. The average Bonchev–Trinajstić information content (AvgIpc) is 2.89.